The van der Waals surface area contributed by atoms with Crippen LogP contribution in [0.4, 0.5) is 11.8 Å². The van der Waals surface area contributed by atoms with Gasteiger partial charge in [-0.15, -0.1) is 0 Å². The van der Waals surface area contributed by atoms with E-state index in [-0.39, 0.29) is 10.8 Å². The summed E-state index contributed by atoms with van der Waals surface area (Å²) < 4.78 is 29.6. The first kappa shape index (κ1) is 23.1. The Labute approximate surface area is 184 Å². The van der Waals surface area contributed by atoms with Crippen LogP contribution in [-0.2, 0) is 14.9 Å². The highest BCUT2D eigenvalue weighted by molar-refractivity contribution is 7.85. The number of amides is 1. The Kier molecular flexibility index (Phi) is 7.61. The minimum atomic E-state index is -4.02. The van der Waals surface area contributed by atoms with Crippen LogP contribution in [0.3, 0.4) is 0 Å². The van der Waals surface area contributed by atoms with Crippen LogP contribution in [-0.4, -0.2) is 48.5 Å². The van der Waals surface area contributed by atoms with Crippen molar-refractivity contribution in [2.24, 2.45) is 5.92 Å². The molecule has 0 saturated carbocycles. The lowest BCUT2D eigenvalue weighted by Gasteiger charge is -2.31. The number of carbonyl (C=O) groups is 1. The number of hydrogen-bond acceptors (Lipinski definition) is 6. The minimum Gasteiger partial charge on any atom is -0.341 e. The van der Waals surface area contributed by atoms with Gasteiger partial charge in [0.1, 0.15) is 5.82 Å². The van der Waals surface area contributed by atoms with Crippen LogP contribution in [0, 0.1) is 12.8 Å². The molecule has 2 fully saturated rings. The zero-order valence-electron chi connectivity index (χ0n) is 18.1. The second-order valence-corrected chi connectivity index (χ2v) is 9.41. The normalized spacial score (nSPS) is 17.5. The number of hydrogen-bond donors (Lipinski definition) is 1. The van der Waals surface area contributed by atoms with Gasteiger partial charge in [-0.2, -0.15) is 13.4 Å². The largest absolute Gasteiger partial charge is 0.341 e. The fourth-order valence-electron chi connectivity index (χ4n) is 3.78. The summed E-state index contributed by atoms with van der Waals surface area (Å²) in [7, 11) is -4.02. The molecule has 31 heavy (non-hydrogen) atoms. The van der Waals surface area contributed by atoms with Gasteiger partial charge in [-0.05, 0) is 50.3 Å². The Morgan fingerprint density at radius 3 is 2.32 bits per heavy atom. The van der Waals surface area contributed by atoms with Gasteiger partial charge >= 0.3 is 0 Å². The highest BCUT2D eigenvalue weighted by Gasteiger charge is 2.25. The van der Waals surface area contributed by atoms with Crippen LogP contribution < -0.4 is 9.80 Å². The SMILES string of the molecule is CCC1CCN(c2nccc(N3CCCC3=O)n2)CC1.Cc1ccc(S(=O)(=O)O)cc1. The van der Waals surface area contributed by atoms with Gasteiger partial charge in [0.05, 0.1) is 4.90 Å². The number of aromatic nitrogens is 2. The van der Waals surface area contributed by atoms with E-state index in [4.69, 9.17) is 4.55 Å². The zero-order valence-corrected chi connectivity index (χ0v) is 18.9. The molecule has 1 N–H and O–H groups in total. The van der Waals surface area contributed by atoms with Gasteiger partial charge in [0.25, 0.3) is 10.1 Å². The number of benzene rings is 1. The summed E-state index contributed by atoms with van der Waals surface area (Å²) in [5, 5.41) is 0. The molecular weight excluding hydrogens is 416 g/mol. The van der Waals surface area contributed by atoms with E-state index < -0.39 is 10.1 Å². The van der Waals surface area contributed by atoms with E-state index in [1.54, 1.807) is 23.2 Å². The Morgan fingerprint density at radius 1 is 1.10 bits per heavy atom. The average Bonchev–Trinajstić information content (AvgIpc) is 3.20. The number of piperidine rings is 1. The van der Waals surface area contributed by atoms with Crippen LogP contribution in [0.1, 0.15) is 44.6 Å². The van der Waals surface area contributed by atoms with E-state index in [0.717, 1.165) is 49.3 Å². The molecule has 0 unspecified atom stereocenters. The van der Waals surface area contributed by atoms with Crippen LogP contribution in [0.25, 0.3) is 0 Å². The lowest BCUT2D eigenvalue weighted by Crippen LogP contribution is -2.35. The highest BCUT2D eigenvalue weighted by Crippen LogP contribution is 2.25. The molecule has 2 aliphatic rings. The molecule has 1 aromatic heterocycles. The first-order chi connectivity index (χ1) is 14.8. The summed E-state index contributed by atoms with van der Waals surface area (Å²) in [4.78, 5) is 24.7. The smallest absolute Gasteiger partial charge is 0.294 e. The molecule has 1 amide bonds. The van der Waals surface area contributed by atoms with Gasteiger partial charge in [0, 0.05) is 32.3 Å². The van der Waals surface area contributed by atoms with Crippen molar-refractivity contribution in [2.45, 2.75) is 50.8 Å². The first-order valence-electron chi connectivity index (χ1n) is 10.7. The number of aryl methyl sites for hydroxylation is 1. The van der Waals surface area contributed by atoms with Crippen molar-refractivity contribution in [1.82, 2.24) is 9.97 Å². The number of rotatable bonds is 4. The maximum absolute atomic E-state index is 11.8. The van der Waals surface area contributed by atoms with Gasteiger partial charge in [0.15, 0.2) is 0 Å². The quantitative estimate of drug-likeness (QED) is 0.717. The molecule has 0 radical (unpaired) electrons. The lowest BCUT2D eigenvalue weighted by molar-refractivity contribution is -0.117. The second kappa shape index (κ2) is 10.2. The van der Waals surface area contributed by atoms with Crippen molar-refractivity contribution in [3.63, 3.8) is 0 Å². The molecule has 2 aliphatic heterocycles. The molecule has 2 saturated heterocycles. The van der Waals surface area contributed by atoms with E-state index in [1.165, 1.54) is 31.4 Å². The Hall–Kier alpha value is -2.52. The molecule has 0 atom stereocenters. The summed E-state index contributed by atoms with van der Waals surface area (Å²) in [5.74, 6) is 2.56. The zero-order chi connectivity index (χ0) is 22.4. The standard InChI is InChI=1S/C15H22N4O.C7H8O3S/c1-2-12-6-10-18(11-7-12)15-16-8-5-13(17-15)19-9-3-4-14(19)20;1-6-2-4-7(5-3-6)11(8,9)10/h5,8,12H,2-4,6-7,9-11H2,1H3;2-5H,1H3,(H,8,9,10). The fraction of sp³-hybridized carbons (Fsp3) is 0.500. The molecule has 2 aromatic rings. The maximum atomic E-state index is 11.8. The fourth-order valence-corrected chi connectivity index (χ4v) is 4.26. The Morgan fingerprint density at radius 2 is 1.77 bits per heavy atom. The van der Waals surface area contributed by atoms with Crippen molar-refractivity contribution >= 4 is 27.8 Å². The predicted molar refractivity (Wildman–Crippen MR) is 120 cm³/mol. The molecular formula is C22H30N4O4S. The molecule has 9 heteroatoms. The van der Waals surface area contributed by atoms with Crippen LogP contribution in [0.15, 0.2) is 41.4 Å². The topological polar surface area (TPSA) is 104 Å². The molecule has 1 aromatic carbocycles. The molecule has 168 valence electrons. The van der Waals surface area contributed by atoms with Crippen molar-refractivity contribution in [2.75, 3.05) is 29.4 Å². The third-order valence-corrected chi connectivity index (χ3v) is 6.64. The van der Waals surface area contributed by atoms with Crippen molar-refractivity contribution in [1.29, 1.82) is 0 Å². The minimum absolute atomic E-state index is 0.0666. The van der Waals surface area contributed by atoms with Gasteiger partial charge in [0.2, 0.25) is 11.9 Å². The molecule has 0 aliphatic carbocycles. The number of carbonyl (C=O) groups excluding carboxylic acids is 1. The van der Waals surface area contributed by atoms with Crippen molar-refractivity contribution < 1.29 is 17.8 Å². The van der Waals surface area contributed by atoms with Crippen LogP contribution in [0.5, 0.6) is 0 Å². The number of anilines is 2. The Bertz CT molecular complexity index is 987. The molecule has 3 heterocycles. The van der Waals surface area contributed by atoms with Crippen LogP contribution in [0.2, 0.25) is 0 Å². The molecule has 0 bridgehead atoms. The highest BCUT2D eigenvalue weighted by atomic mass is 32.2. The Balaban J connectivity index is 0.000000210. The van der Waals surface area contributed by atoms with Gasteiger partial charge in [-0.25, -0.2) is 4.98 Å². The van der Waals surface area contributed by atoms with Gasteiger partial charge < -0.3 is 4.90 Å². The van der Waals surface area contributed by atoms with E-state index in [1.807, 2.05) is 13.0 Å². The van der Waals surface area contributed by atoms with E-state index in [9.17, 15) is 13.2 Å². The number of nitrogens with zero attached hydrogens (tertiary/aromatic N) is 4. The predicted octanol–water partition coefficient (Wildman–Crippen LogP) is 3.47. The molecule has 8 nitrogen and oxygen atoms in total. The lowest BCUT2D eigenvalue weighted by atomic mass is 9.95. The van der Waals surface area contributed by atoms with Gasteiger partial charge in [-0.1, -0.05) is 31.0 Å². The van der Waals surface area contributed by atoms with E-state index >= 15 is 0 Å². The third kappa shape index (κ3) is 6.24. The maximum Gasteiger partial charge on any atom is 0.294 e. The summed E-state index contributed by atoms with van der Waals surface area (Å²) in [6.45, 7) is 6.93. The van der Waals surface area contributed by atoms with Gasteiger partial charge in [-0.3, -0.25) is 14.2 Å². The summed E-state index contributed by atoms with van der Waals surface area (Å²) >= 11 is 0. The van der Waals surface area contributed by atoms with E-state index in [2.05, 4.69) is 21.8 Å². The van der Waals surface area contributed by atoms with Crippen LogP contribution >= 0.6 is 0 Å². The summed E-state index contributed by atoms with van der Waals surface area (Å²) in [6, 6.07) is 7.83. The first-order valence-corrected chi connectivity index (χ1v) is 12.1. The van der Waals surface area contributed by atoms with Crippen molar-refractivity contribution in [3.05, 3.63) is 42.1 Å². The second-order valence-electron chi connectivity index (χ2n) is 7.99. The van der Waals surface area contributed by atoms with E-state index in [0.29, 0.717) is 6.42 Å². The molecule has 0 spiro atoms. The average molecular weight is 447 g/mol. The summed E-state index contributed by atoms with van der Waals surface area (Å²) in [6.07, 6.45) is 7.03. The summed E-state index contributed by atoms with van der Waals surface area (Å²) in [5.41, 5.74) is 0.956. The molecule has 4 rings (SSSR count). The van der Waals surface area contributed by atoms with Crippen molar-refractivity contribution in [3.8, 4) is 0 Å². The third-order valence-electron chi connectivity index (χ3n) is 5.77. The monoisotopic (exact) mass is 446 g/mol.